The van der Waals surface area contributed by atoms with Crippen LogP contribution in [0.25, 0.3) is 0 Å². The van der Waals surface area contributed by atoms with E-state index >= 15 is 0 Å². The summed E-state index contributed by atoms with van der Waals surface area (Å²) in [6.07, 6.45) is 0. The van der Waals surface area contributed by atoms with Crippen molar-refractivity contribution < 1.29 is 12.3 Å². The molecule has 0 aliphatic rings. The van der Waals surface area contributed by atoms with Crippen LogP contribution in [0.4, 0.5) is 0 Å². The minimum Gasteiger partial charge on any atom is -0.326 e. The van der Waals surface area contributed by atoms with Crippen LogP contribution in [0.5, 0.6) is 0 Å². The Morgan fingerprint density at radius 3 is 1.17 bits per heavy atom. The fourth-order valence-corrected chi connectivity index (χ4v) is 5.35. The van der Waals surface area contributed by atoms with Crippen LogP contribution < -0.4 is 0 Å². The Labute approximate surface area is 145 Å². The topological polar surface area (TPSA) is 43.4 Å². The van der Waals surface area contributed by atoms with Gasteiger partial charge in [0.1, 0.15) is 0 Å². The fraction of sp³-hybridized carbons (Fsp3) is 0.0526. The highest BCUT2D eigenvalue weighted by Gasteiger charge is 2.48. The highest BCUT2D eigenvalue weighted by Crippen LogP contribution is 2.44. The molecule has 24 heavy (non-hydrogen) atoms. The molecule has 0 spiro atoms. The molecular weight excluding hydrogens is 336 g/mol. The molecule has 0 saturated heterocycles. The summed E-state index contributed by atoms with van der Waals surface area (Å²) in [7, 11) is -3.83. The first-order valence-electron chi connectivity index (χ1n) is 7.59. The maximum absolute atomic E-state index is 13.2. The molecule has 122 valence electrons. The highest BCUT2D eigenvalue weighted by molar-refractivity contribution is 7.88. The van der Waals surface area contributed by atoms with Gasteiger partial charge in [0.15, 0.2) is 15.2 Å². The third kappa shape index (κ3) is 2.60. The molecule has 3 aromatic carbocycles. The van der Waals surface area contributed by atoms with Gasteiger partial charge in [0.05, 0.1) is 0 Å². The maximum Gasteiger partial charge on any atom is 0.275 e. The molecule has 3 aromatic rings. The van der Waals surface area contributed by atoms with Crippen molar-refractivity contribution in [3.63, 3.8) is 0 Å². The van der Waals surface area contributed by atoms with E-state index in [9.17, 15) is 8.42 Å². The molecule has 0 unspecified atom stereocenters. The van der Waals surface area contributed by atoms with Crippen molar-refractivity contribution in [2.24, 2.45) is 0 Å². The van der Waals surface area contributed by atoms with Crippen molar-refractivity contribution in [2.75, 3.05) is 0 Å². The van der Waals surface area contributed by atoms with Gasteiger partial charge in [-0.2, -0.15) is 8.42 Å². The van der Waals surface area contributed by atoms with Crippen molar-refractivity contribution in [1.82, 2.24) is 0 Å². The maximum atomic E-state index is 13.2. The molecular formula is C19H18O3SSi. The minimum absolute atomic E-state index is 0.0936. The van der Waals surface area contributed by atoms with E-state index in [4.69, 9.17) is 3.87 Å². The second kappa shape index (κ2) is 6.73. The van der Waals surface area contributed by atoms with E-state index in [2.05, 4.69) is 0 Å². The summed E-state index contributed by atoms with van der Waals surface area (Å²) in [5.74, 6) is 0. The van der Waals surface area contributed by atoms with Crippen molar-refractivity contribution in [3.05, 3.63) is 108 Å². The first-order chi connectivity index (χ1) is 11.6. The van der Waals surface area contributed by atoms with E-state index in [0.29, 0.717) is 16.7 Å². The zero-order valence-electron chi connectivity index (χ0n) is 13.3. The standard InChI is InChI=1S/C19H18O3SSi/c20-23(21,22-24)19(16-10-4-1-5-11-16,17-12-6-2-7-13-17)18-14-8-3-9-15-18/h1-15H,24H3. The van der Waals surface area contributed by atoms with Gasteiger partial charge in [-0.1, -0.05) is 91.0 Å². The molecule has 0 heterocycles. The highest BCUT2D eigenvalue weighted by atomic mass is 32.2. The molecule has 3 nitrogen and oxygen atoms in total. The lowest BCUT2D eigenvalue weighted by atomic mass is 9.84. The van der Waals surface area contributed by atoms with E-state index in [-0.39, 0.29) is 10.5 Å². The molecule has 0 aliphatic carbocycles. The molecule has 0 aromatic heterocycles. The van der Waals surface area contributed by atoms with Gasteiger partial charge in [-0.25, -0.2) is 0 Å². The van der Waals surface area contributed by atoms with Gasteiger partial charge in [0.25, 0.3) is 10.1 Å². The van der Waals surface area contributed by atoms with E-state index < -0.39 is 14.9 Å². The van der Waals surface area contributed by atoms with Crippen LogP contribution in [0.2, 0.25) is 0 Å². The largest absolute Gasteiger partial charge is 0.326 e. The third-order valence-electron chi connectivity index (χ3n) is 4.14. The molecule has 0 fully saturated rings. The van der Waals surface area contributed by atoms with Crippen LogP contribution >= 0.6 is 0 Å². The second-order valence-electron chi connectivity index (χ2n) is 5.40. The smallest absolute Gasteiger partial charge is 0.275 e. The molecule has 0 bridgehead atoms. The number of rotatable bonds is 5. The van der Waals surface area contributed by atoms with Gasteiger partial charge in [0.2, 0.25) is 0 Å². The van der Waals surface area contributed by atoms with Crippen LogP contribution in [0.1, 0.15) is 16.7 Å². The van der Waals surface area contributed by atoms with Crippen molar-refractivity contribution in [3.8, 4) is 0 Å². The van der Waals surface area contributed by atoms with E-state index in [1.807, 2.05) is 91.0 Å². The Balaban J connectivity index is 2.47. The minimum atomic E-state index is -3.92. The number of hydrogen-bond donors (Lipinski definition) is 0. The first-order valence-corrected chi connectivity index (χ1v) is 9.82. The summed E-state index contributed by atoms with van der Waals surface area (Å²) in [6, 6.07) is 27.7. The molecule has 0 N–H and O–H groups in total. The average Bonchev–Trinajstić information content (AvgIpc) is 2.65. The molecule has 0 saturated carbocycles. The lowest BCUT2D eigenvalue weighted by molar-refractivity contribution is 0.482. The van der Waals surface area contributed by atoms with Gasteiger partial charge >= 0.3 is 0 Å². The zero-order chi connectivity index (χ0) is 17.0. The van der Waals surface area contributed by atoms with Crippen molar-refractivity contribution >= 4 is 20.6 Å². The van der Waals surface area contributed by atoms with Gasteiger partial charge in [-0.3, -0.25) is 0 Å². The molecule has 3 rings (SSSR count). The third-order valence-corrected chi connectivity index (χ3v) is 7.35. The quantitative estimate of drug-likeness (QED) is 0.522. The number of benzene rings is 3. The van der Waals surface area contributed by atoms with E-state index in [1.165, 1.54) is 0 Å². The van der Waals surface area contributed by atoms with Gasteiger partial charge in [-0.15, -0.1) is 0 Å². The zero-order valence-corrected chi connectivity index (χ0v) is 16.1. The summed E-state index contributed by atoms with van der Waals surface area (Å²) < 4.78 is 30.3. The Morgan fingerprint density at radius 2 is 0.917 bits per heavy atom. The lowest BCUT2D eigenvalue weighted by Crippen LogP contribution is -2.39. The van der Waals surface area contributed by atoms with Crippen LogP contribution in [0.3, 0.4) is 0 Å². The summed E-state index contributed by atoms with van der Waals surface area (Å²) in [4.78, 5) is 0. The van der Waals surface area contributed by atoms with Crippen LogP contribution in [-0.4, -0.2) is 18.9 Å². The average molecular weight is 355 g/mol. The lowest BCUT2D eigenvalue weighted by Gasteiger charge is -2.34. The Hall–Kier alpha value is -2.21. The summed E-state index contributed by atoms with van der Waals surface area (Å²) in [6.45, 7) is 0. The van der Waals surface area contributed by atoms with Crippen LogP contribution in [0.15, 0.2) is 91.0 Å². The van der Waals surface area contributed by atoms with Gasteiger partial charge in [0, 0.05) is 0 Å². The molecule has 0 radical (unpaired) electrons. The molecule has 0 atom stereocenters. The van der Waals surface area contributed by atoms with E-state index in [0.717, 1.165) is 0 Å². The summed E-state index contributed by atoms with van der Waals surface area (Å²) >= 11 is 0. The fourth-order valence-electron chi connectivity index (χ4n) is 3.08. The SMILES string of the molecule is O=S(=O)(O[SiH3])C(c1ccccc1)(c1ccccc1)c1ccccc1. The second-order valence-corrected chi connectivity index (χ2v) is 8.25. The van der Waals surface area contributed by atoms with Crippen molar-refractivity contribution in [2.45, 2.75) is 4.75 Å². The molecule has 0 aliphatic heterocycles. The summed E-state index contributed by atoms with van der Waals surface area (Å²) in [5.41, 5.74) is 2.00. The number of hydrogen-bond acceptors (Lipinski definition) is 3. The predicted octanol–water partition coefficient (Wildman–Crippen LogP) is 2.61. The molecule has 0 amide bonds. The first kappa shape index (κ1) is 16.6. The Bertz CT molecular complexity index is 798. The van der Waals surface area contributed by atoms with Crippen molar-refractivity contribution in [1.29, 1.82) is 0 Å². The van der Waals surface area contributed by atoms with Crippen LogP contribution in [0, 0.1) is 0 Å². The van der Waals surface area contributed by atoms with Gasteiger partial charge in [-0.05, 0) is 16.7 Å². The Kier molecular flexibility index (Phi) is 4.66. The van der Waals surface area contributed by atoms with Crippen LogP contribution in [-0.2, 0) is 18.7 Å². The summed E-state index contributed by atoms with van der Waals surface area (Å²) in [5, 5.41) is 0. The predicted molar refractivity (Wildman–Crippen MR) is 99.2 cm³/mol. The monoisotopic (exact) mass is 354 g/mol. The van der Waals surface area contributed by atoms with Gasteiger partial charge < -0.3 is 3.87 Å². The Morgan fingerprint density at radius 1 is 0.625 bits per heavy atom. The van der Waals surface area contributed by atoms with E-state index in [1.54, 1.807) is 0 Å². The molecule has 5 heteroatoms. The normalized spacial score (nSPS) is 12.2.